The van der Waals surface area contributed by atoms with Crippen LogP contribution in [0.15, 0.2) is 82.4 Å². The predicted molar refractivity (Wildman–Crippen MR) is 114 cm³/mol. The van der Waals surface area contributed by atoms with Crippen LogP contribution >= 0.6 is 0 Å². The Labute approximate surface area is 172 Å². The van der Waals surface area contributed by atoms with Crippen LogP contribution in [0.4, 0.5) is 0 Å². The summed E-state index contributed by atoms with van der Waals surface area (Å²) in [5.41, 5.74) is 6.84. The minimum atomic E-state index is -0.237. The third-order valence-electron chi connectivity index (χ3n) is 7.36. The first-order valence-electron chi connectivity index (χ1n) is 10.4. The highest BCUT2D eigenvalue weighted by Crippen LogP contribution is 2.63. The fraction of sp³-hybridized carbons (Fsp3) is 0.200. The molecule has 3 heterocycles. The first-order chi connectivity index (χ1) is 14.7. The summed E-state index contributed by atoms with van der Waals surface area (Å²) < 4.78 is 4.70. The lowest BCUT2D eigenvalue weighted by Gasteiger charge is -2.53. The number of hydrogen-bond acceptors (Lipinski definition) is 2. The van der Waals surface area contributed by atoms with Crippen LogP contribution in [0, 0.1) is 0 Å². The van der Waals surface area contributed by atoms with Crippen molar-refractivity contribution >= 4 is 0 Å². The first-order valence-corrected chi connectivity index (χ1v) is 10.4. The molecule has 3 aromatic carbocycles. The van der Waals surface area contributed by atoms with E-state index in [0.29, 0.717) is 0 Å². The van der Waals surface area contributed by atoms with Gasteiger partial charge in [0.25, 0.3) is 0 Å². The molecule has 4 atom stereocenters. The van der Waals surface area contributed by atoms with E-state index in [1.807, 2.05) is 12.1 Å². The van der Waals surface area contributed by atoms with Gasteiger partial charge in [-0.25, -0.2) is 23.5 Å². The van der Waals surface area contributed by atoms with Crippen molar-refractivity contribution < 1.29 is 0 Å². The molecule has 1 aromatic heterocycles. The highest BCUT2D eigenvalue weighted by atomic mass is 16.2. The summed E-state index contributed by atoms with van der Waals surface area (Å²) >= 11 is 0. The summed E-state index contributed by atoms with van der Waals surface area (Å²) in [5, 5.41) is 0. The second kappa shape index (κ2) is 5.30. The van der Waals surface area contributed by atoms with E-state index in [0.717, 1.165) is 11.1 Å². The zero-order valence-electron chi connectivity index (χ0n) is 16.4. The molecule has 0 fully saturated rings. The maximum Gasteiger partial charge on any atom is 0.347 e. The molecular formula is C25H19N3O2. The Balaban J connectivity index is 1.67. The molecule has 8 rings (SSSR count). The van der Waals surface area contributed by atoms with E-state index in [1.54, 1.807) is 16.4 Å². The third-order valence-corrected chi connectivity index (χ3v) is 7.36. The molecule has 0 radical (unpaired) electrons. The van der Waals surface area contributed by atoms with Crippen LogP contribution in [0.3, 0.4) is 0 Å². The maximum atomic E-state index is 13.2. The van der Waals surface area contributed by atoms with Crippen LogP contribution in [0.5, 0.6) is 0 Å². The van der Waals surface area contributed by atoms with Crippen LogP contribution in [0.1, 0.15) is 46.2 Å². The van der Waals surface area contributed by atoms with E-state index in [1.165, 1.54) is 26.8 Å². The van der Waals surface area contributed by atoms with Crippen molar-refractivity contribution in [1.82, 2.24) is 13.9 Å². The standard InChI is InChI=1S/C25H19N3O2/c1-26-24(29)27-22-18-12-6-7-13-19(18)23(28(27)25(26)30)21-17-11-5-3-9-15(17)14-8-2-4-10-16(14)20(21)22/h2-13,20-23H,1H3/t20-,21+,22?,23?. The zero-order valence-corrected chi connectivity index (χ0v) is 16.4. The summed E-state index contributed by atoms with van der Waals surface area (Å²) in [6.45, 7) is 0. The van der Waals surface area contributed by atoms with E-state index < -0.39 is 0 Å². The van der Waals surface area contributed by atoms with Crippen molar-refractivity contribution in [3.8, 4) is 11.1 Å². The van der Waals surface area contributed by atoms with Gasteiger partial charge in [0.1, 0.15) is 0 Å². The lowest BCUT2D eigenvalue weighted by molar-refractivity contribution is 0.174. The molecule has 0 amide bonds. The van der Waals surface area contributed by atoms with Crippen LogP contribution in [0.25, 0.3) is 11.1 Å². The van der Waals surface area contributed by atoms with Gasteiger partial charge in [-0.05, 0) is 33.4 Å². The molecule has 2 aliphatic carbocycles. The molecule has 2 unspecified atom stereocenters. The molecule has 0 saturated carbocycles. The highest BCUT2D eigenvalue weighted by molar-refractivity contribution is 5.76. The molecule has 4 aliphatic rings. The smallest absolute Gasteiger partial charge is 0.246 e. The van der Waals surface area contributed by atoms with Crippen LogP contribution < -0.4 is 11.4 Å². The average Bonchev–Trinajstić information content (AvgIpc) is 3.04. The maximum absolute atomic E-state index is 13.2. The number of fused-ring (bicyclic) bond motifs is 3. The van der Waals surface area contributed by atoms with Crippen molar-refractivity contribution in [3.05, 3.63) is 116 Å². The topological polar surface area (TPSA) is 48.9 Å². The molecule has 5 heteroatoms. The summed E-state index contributed by atoms with van der Waals surface area (Å²) in [7, 11) is 1.58. The largest absolute Gasteiger partial charge is 0.347 e. The second-order valence-corrected chi connectivity index (χ2v) is 8.56. The summed E-state index contributed by atoms with van der Waals surface area (Å²) in [6, 6.07) is 25.0. The van der Waals surface area contributed by atoms with Crippen molar-refractivity contribution in [2.45, 2.75) is 23.9 Å². The van der Waals surface area contributed by atoms with E-state index in [9.17, 15) is 9.59 Å². The summed E-state index contributed by atoms with van der Waals surface area (Å²) in [4.78, 5) is 26.3. The van der Waals surface area contributed by atoms with Crippen molar-refractivity contribution in [2.75, 3.05) is 0 Å². The lowest BCUT2D eigenvalue weighted by atomic mass is 9.59. The normalized spacial score (nSPS) is 24.4. The molecule has 30 heavy (non-hydrogen) atoms. The Morgan fingerprint density at radius 1 is 0.567 bits per heavy atom. The van der Waals surface area contributed by atoms with E-state index in [2.05, 4.69) is 60.7 Å². The Bertz CT molecular complexity index is 1380. The molecule has 0 saturated heterocycles. The second-order valence-electron chi connectivity index (χ2n) is 8.56. The zero-order chi connectivity index (χ0) is 20.1. The highest BCUT2D eigenvalue weighted by Gasteiger charge is 2.55. The van der Waals surface area contributed by atoms with Crippen LogP contribution in [0.2, 0.25) is 0 Å². The molecule has 146 valence electrons. The number of aromatic nitrogens is 3. The Kier molecular flexibility index (Phi) is 2.87. The quantitative estimate of drug-likeness (QED) is 0.460. The van der Waals surface area contributed by atoms with E-state index in [-0.39, 0.29) is 35.3 Å². The lowest BCUT2D eigenvalue weighted by Crippen LogP contribution is -2.51. The van der Waals surface area contributed by atoms with E-state index in [4.69, 9.17) is 0 Å². The number of benzene rings is 3. The third kappa shape index (κ3) is 1.67. The molecule has 4 aromatic rings. The van der Waals surface area contributed by atoms with Gasteiger partial charge in [-0.15, -0.1) is 0 Å². The van der Waals surface area contributed by atoms with Gasteiger partial charge in [-0.2, -0.15) is 0 Å². The molecule has 2 bridgehead atoms. The first kappa shape index (κ1) is 16.2. The van der Waals surface area contributed by atoms with Gasteiger partial charge in [0, 0.05) is 18.9 Å². The van der Waals surface area contributed by atoms with Gasteiger partial charge in [0.2, 0.25) is 0 Å². The van der Waals surface area contributed by atoms with Crippen LogP contribution in [-0.4, -0.2) is 13.9 Å². The minimum absolute atomic E-state index is 0.107. The fourth-order valence-electron chi connectivity index (χ4n) is 6.27. The minimum Gasteiger partial charge on any atom is -0.246 e. The van der Waals surface area contributed by atoms with Gasteiger partial charge >= 0.3 is 11.4 Å². The predicted octanol–water partition coefficient (Wildman–Crippen LogP) is 3.40. The van der Waals surface area contributed by atoms with E-state index >= 15 is 0 Å². The molecule has 2 aliphatic heterocycles. The fourth-order valence-corrected chi connectivity index (χ4v) is 6.27. The SMILES string of the molecule is Cn1c(=O)n2n(c1=O)C1c3ccccc3C2[C@H]2c3ccccc3-c3ccccc3[C@@H]12. The van der Waals surface area contributed by atoms with Crippen molar-refractivity contribution in [3.63, 3.8) is 0 Å². The van der Waals surface area contributed by atoms with Gasteiger partial charge in [-0.3, -0.25) is 0 Å². The van der Waals surface area contributed by atoms with Gasteiger partial charge in [-0.1, -0.05) is 72.8 Å². The van der Waals surface area contributed by atoms with Crippen molar-refractivity contribution in [1.29, 1.82) is 0 Å². The number of rotatable bonds is 0. The van der Waals surface area contributed by atoms with Crippen molar-refractivity contribution in [2.24, 2.45) is 7.05 Å². The number of hydrogen-bond donors (Lipinski definition) is 0. The molecular weight excluding hydrogens is 374 g/mol. The number of nitrogens with zero attached hydrogens (tertiary/aromatic N) is 3. The molecule has 0 spiro atoms. The van der Waals surface area contributed by atoms with Crippen LogP contribution in [-0.2, 0) is 7.05 Å². The molecule has 0 N–H and O–H groups in total. The molecule has 5 nitrogen and oxygen atoms in total. The van der Waals surface area contributed by atoms with Gasteiger partial charge in [0.05, 0.1) is 12.1 Å². The van der Waals surface area contributed by atoms with Gasteiger partial charge < -0.3 is 0 Å². The van der Waals surface area contributed by atoms with Gasteiger partial charge in [0.15, 0.2) is 0 Å². The monoisotopic (exact) mass is 393 g/mol. The average molecular weight is 393 g/mol. The Hall–Kier alpha value is -3.60. The summed E-state index contributed by atoms with van der Waals surface area (Å²) in [5.74, 6) is 0.214. The Morgan fingerprint density at radius 3 is 1.37 bits per heavy atom. The Morgan fingerprint density at radius 2 is 0.933 bits per heavy atom. The summed E-state index contributed by atoms with van der Waals surface area (Å²) in [6.07, 6.45) is 0.